The Morgan fingerprint density at radius 3 is 2.78 bits per heavy atom. The molecule has 1 N–H and O–H groups in total. The maximum atomic E-state index is 12.2. The van der Waals surface area contributed by atoms with Crippen molar-refractivity contribution in [3.8, 4) is 0 Å². The van der Waals surface area contributed by atoms with Gasteiger partial charge in [-0.25, -0.2) is 0 Å². The van der Waals surface area contributed by atoms with Crippen molar-refractivity contribution in [1.82, 2.24) is 10.2 Å². The van der Waals surface area contributed by atoms with Crippen molar-refractivity contribution < 1.29 is 4.79 Å². The average Bonchev–Trinajstić information content (AvgIpc) is 2.81. The number of hydrogen-bond donors (Lipinski definition) is 1. The van der Waals surface area contributed by atoms with Crippen molar-refractivity contribution in [3.63, 3.8) is 0 Å². The number of rotatable bonds is 3. The summed E-state index contributed by atoms with van der Waals surface area (Å²) < 4.78 is 0. The Hall–Kier alpha value is -0.870. The summed E-state index contributed by atoms with van der Waals surface area (Å²) in [5, 5.41) is 3.42. The van der Waals surface area contributed by atoms with Crippen molar-refractivity contribution in [2.24, 2.45) is 5.92 Å². The maximum absolute atomic E-state index is 12.2. The van der Waals surface area contributed by atoms with Crippen molar-refractivity contribution in [1.29, 1.82) is 0 Å². The summed E-state index contributed by atoms with van der Waals surface area (Å²) in [6.07, 6.45) is 4.01. The number of nitrogens with one attached hydrogen (secondary N) is 1. The number of nitrogens with zero attached hydrogens (tertiary/aromatic N) is 1. The molecule has 2 heterocycles. The van der Waals surface area contributed by atoms with Gasteiger partial charge in [0.05, 0.1) is 6.04 Å². The smallest absolute Gasteiger partial charge is 0.241 e. The van der Waals surface area contributed by atoms with E-state index < -0.39 is 0 Å². The van der Waals surface area contributed by atoms with E-state index in [9.17, 15) is 4.79 Å². The lowest BCUT2D eigenvalue weighted by Crippen LogP contribution is -2.36. The van der Waals surface area contributed by atoms with Gasteiger partial charge in [0.2, 0.25) is 5.91 Å². The monoisotopic (exact) mass is 264 g/mol. The Morgan fingerprint density at radius 1 is 1.44 bits per heavy atom. The van der Waals surface area contributed by atoms with Crippen LogP contribution in [0.25, 0.3) is 0 Å². The third-order valence-electron chi connectivity index (χ3n) is 4.08. The van der Waals surface area contributed by atoms with Gasteiger partial charge in [0, 0.05) is 16.3 Å². The van der Waals surface area contributed by atoms with Gasteiger partial charge in [-0.1, -0.05) is 6.42 Å². The van der Waals surface area contributed by atoms with E-state index in [-0.39, 0.29) is 18.1 Å². The van der Waals surface area contributed by atoms with Gasteiger partial charge in [-0.15, -0.1) is 11.3 Å². The first kappa shape index (κ1) is 12.2. The van der Waals surface area contributed by atoms with E-state index in [2.05, 4.69) is 29.3 Å². The highest BCUT2D eigenvalue weighted by Gasteiger charge is 2.39. The minimum Gasteiger partial charge on any atom is -0.320 e. The quantitative estimate of drug-likeness (QED) is 0.910. The zero-order chi connectivity index (χ0) is 12.7. The molecule has 2 unspecified atom stereocenters. The second kappa shape index (κ2) is 4.67. The topological polar surface area (TPSA) is 32.3 Å². The Kier molecular flexibility index (Phi) is 3.16. The molecule has 4 heteroatoms. The fraction of sp³-hybridized carbons (Fsp3) is 0.643. The summed E-state index contributed by atoms with van der Waals surface area (Å²) >= 11 is 1.79. The number of carbonyl (C=O) groups excluding carboxylic acids is 1. The number of thiophene rings is 1. The van der Waals surface area contributed by atoms with Crippen LogP contribution in [0, 0.1) is 12.8 Å². The lowest BCUT2D eigenvalue weighted by molar-refractivity contribution is -0.130. The van der Waals surface area contributed by atoms with Gasteiger partial charge in [-0.2, -0.15) is 0 Å². The first-order chi connectivity index (χ1) is 8.65. The highest BCUT2D eigenvalue weighted by atomic mass is 32.1. The van der Waals surface area contributed by atoms with Crippen LogP contribution in [0.1, 0.15) is 42.1 Å². The Labute approximate surface area is 112 Å². The van der Waals surface area contributed by atoms with Crippen LogP contribution in [0.5, 0.6) is 0 Å². The molecule has 0 bridgehead atoms. The van der Waals surface area contributed by atoms with Crippen LogP contribution in [-0.2, 0) is 4.79 Å². The predicted octanol–water partition coefficient (Wildman–Crippen LogP) is 2.68. The van der Waals surface area contributed by atoms with Crippen LogP contribution < -0.4 is 5.32 Å². The van der Waals surface area contributed by atoms with Gasteiger partial charge >= 0.3 is 0 Å². The molecule has 1 saturated carbocycles. The van der Waals surface area contributed by atoms with Gasteiger partial charge in [0.1, 0.15) is 6.17 Å². The third-order valence-corrected chi connectivity index (χ3v) is 5.14. The first-order valence-electron chi connectivity index (χ1n) is 6.78. The molecule has 3 rings (SSSR count). The van der Waals surface area contributed by atoms with E-state index in [1.165, 1.54) is 29.0 Å². The van der Waals surface area contributed by atoms with Crippen LogP contribution in [0.3, 0.4) is 0 Å². The molecule has 1 amide bonds. The number of carbonyl (C=O) groups is 1. The minimum absolute atomic E-state index is 0.0440. The molecule has 0 radical (unpaired) electrons. The van der Waals surface area contributed by atoms with E-state index in [1.54, 1.807) is 11.3 Å². The number of amides is 1. The fourth-order valence-electron chi connectivity index (χ4n) is 2.76. The maximum Gasteiger partial charge on any atom is 0.241 e. The molecular formula is C14H20N2OS. The molecule has 0 spiro atoms. The van der Waals surface area contributed by atoms with Crippen LogP contribution >= 0.6 is 11.3 Å². The Balaban J connectivity index is 1.79. The van der Waals surface area contributed by atoms with Gasteiger partial charge in [0.15, 0.2) is 0 Å². The van der Waals surface area contributed by atoms with Crippen LogP contribution in [0.4, 0.5) is 0 Å². The number of hydrogen-bond acceptors (Lipinski definition) is 3. The molecule has 1 aromatic rings. The Morgan fingerprint density at radius 2 is 2.22 bits per heavy atom. The van der Waals surface area contributed by atoms with Gasteiger partial charge in [-0.3, -0.25) is 10.1 Å². The highest BCUT2D eigenvalue weighted by molar-refractivity contribution is 7.12. The molecule has 0 aromatic carbocycles. The highest BCUT2D eigenvalue weighted by Crippen LogP contribution is 2.34. The number of aryl methyl sites for hydroxylation is 1. The zero-order valence-electron chi connectivity index (χ0n) is 11.0. The van der Waals surface area contributed by atoms with E-state index in [1.807, 2.05) is 6.92 Å². The third kappa shape index (κ3) is 2.08. The van der Waals surface area contributed by atoms with Crippen LogP contribution in [0.2, 0.25) is 0 Å². The molecule has 3 nitrogen and oxygen atoms in total. The summed E-state index contributed by atoms with van der Waals surface area (Å²) in [5.41, 5.74) is 0. The first-order valence-corrected chi connectivity index (χ1v) is 7.59. The standard InChI is InChI=1S/C14H20N2OS/c1-9-6-7-12(18-9)13-15-10(2)14(17)16(13)8-11-4-3-5-11/h6-7,10-11,13,15H,3-5,8H2,1-2H3. The van der Waals surface area contributed by atoms with Crippen molar-refractivity contribution in [2.45, 2.75) is 45.3 Å². The van der Waals surface area contributed by atoms with Crippen molar-refractivity contribution in [3.05, 3.63) is 21.9 Å². The minimum atomic E-state index is -0.0440. The molecular weight excluding hydrogens is 244 g/mol. The summed E-state index contributed by atoms with van der Waals surface area (Å²) in [5.74, 6) is 0.988. The normalized spacial score (nSPS) is 28.8. The summed E-state index contributed by atoms with van der Waals surface area (Å²) in [6, 6.07) is 4.24. The molecule has 1 saturated heterocycles. The molecule has 2 fully saturated rings. The summed E-state index contributed by atoms with van der Waals surface area (Å²) in [4.78, 5) is 16.9. The average molecular weight is 264 g/mol. The summed E-state index contributed by atoms with van der Waals surface area (Å²) in [6.45, 7) is 5.01. The molecule has 1 aromatic heterocycles. The van der Waals surface area contributed by atoms with Crippen LogP contribution in [0.15, 0.2) is 12.1 Å². The molecule has 2 atom stereocenters. The largest absolute Gasteiger partial charge is 0.320 e. The van der Waals surface area contributed by atoms with E-state index in [4.69, 9.17) is 0 Å². The fourth-order valence-corrected chi connectivity index (χ4v) is 3.71. The van der Waals surface area contributed by atoms with Gasteiger partial charge in [0.25, 0.3) is 0 Å². The molecule has 18 heavy (non-hydrogen) atoms. The van der Waals surface area contributed by atoms with Gasteiger partial charge < -0.3 is 4.90 Å². The zero-order valence-corrected chi connectivity index (χ0v) is 11.8. The second-order valence-electron chi connectivity index (χ2n) is 5.53. The van der Waals surface area contributed by atoms with E-state index in [0.717, 1.165) is 12.5 Å². The molecule has 98 valence electrons. The predicted molar refractivity (Wildman–Crippen MR) is 73.4 cm³/mol. The van der Waals surface area contributed by atoms with E-state index >= 15 is 0 Å². The Bertz CT molecular complexity index is 452. The SMILES string of the molecule is Cc1ccc(C2NC(C)C(=O)N2CC2CCC2)s1. The lowest BCUT2D eigenvalue weighted by Gasteiger charge is -2.32. The molecule has 1 aliphatic carbocycles. The van der Waals surface area contributed by atoms with Crippen molar-refractivity contribution >= 4 is 17.2 Å². The molecule has 2 aliphatic rings. The van der Waals surface area contributed by atoms with Gasteiger partial charge in [-0.05, 0) is 44.7 Å². The lowest BCUT2D eigenvalue weighted by atomic mass is 9.85. The summed E-state index contributed by atoms with van der Waals surface area (Å²) in [7, 11) is 0. The molecule has 1 aliphatic heterocycles. The second-order valence-corrected chi connectivity index (χ2v) is 6.85. The van der Waals surface area contributed by atoms with Crippen LogP contribution in [-0.4, -0.2) is 23.4 Å². The van der Waals surface area contributed by atoms with E-state index in [0.29, 0.717) is 0 Å². The van der Waals surface area contributed by atoms with Crippen molar-refractivity contribution in [2.75, 3.05) is 6.54 Å².